The molecule has 3 aromatic rings. The second-order valence-corrected chi connectivity index (χ2v) is 5.35. The molecule has 3 rings (SSSR count). The molecule has 108 valence electrons. The van der Waals surface area contributed by atoms with Gasteiger partial charge in [0.1, 0.15) is 11.3 Å². The number of anilines is 1. The number of rotatable bonds is 3. The highest BCUT2D eigenvalue weighted by molar-refractivity contribution is 5.77. The van der Waals surface area contributed by atoms with Gasteiger partial charge in [0.15, 0.2) is 11.5 Å². The van der Waals surface area contributed by atoms with E-state index in [-0.39, 0.29) is 0 Å². The number of fused-ring (bicyclic) bond motifs is 1. The van der Waals surface area contributed by atoms with Gasteiger partial charge in [-0.1, -0.05) is 12.1 Å². The van der Waals surface area contributed by atoms with Crippen molar-refractivity contribution < 1.29 is 9.52 Å². The molecule has 0 aliphatic heterocycles. The summed E-state index contributed by atoms with van der Waals surface area (Å²) >= 11 is 0. The van der Waals surface area contributed by atoms with Crippen LogP contribution in [-0.2, 0) is 6.54 Å². The third-order valence-corrected chi connectivity index (χ3v) is 3.54. The molecule has 0 amide bonds. The average molecular weight is 282 g/mol. The standard InChI is InChI=1S/C17H18N2O2/c1-10-6-13(7-11(2)17(10)20)9-18-14-4-5-16-15(8-14)19-12(3)21-16/h4-8,18,20H,9H2,1-3H3. The molecule has 1 aromatic heterocycles. The van der Waals surface area contributed by atoms with Crippen LogP contribution >= 0.6 is 0 Å². The molecule has 0 saturated carbocycles. The number of aromatic nitrogens is 1. The van der Waals surface area contributed by atoms with E-state index in [9.17, 15) is 5.11 Å². The van der Waals surface area contributed by atoms with Crippen molar-refractivity contribution in [2.45, 2.75) is 27.3 Å². The number of phenolic OH excluding ortho intramolecular Hbond substituents is 1. The first-order valence-electron chi connectivity index (χ1n) is 6.93. The zero-order chi connectivity index (χ0) is 15.0. The van der Waals surface area contributed by atoms with Crippen LogP contribution in [0.15, 0.2) is 34.7 Å². The van der Waals surface area contributed by atoms with E-state index in [1.807, 2.05) is 51.1 Å². The summed E-state index contributed by atoms with van der Waals surface area (Å²) in [6.07, 6.45) is 0. The Hall–Kier alpha value is -2.49. The molecule has 0 aliphatic carbocycles. The lowest BCUT2D eigenvalue weighted by Crippen LogP contribution is -2.00. The SMILES string of the molecule is Cc1nc2cc(NCc3cc(C)c(O)c(C)c3)ccc2o1. The van der Waals surface area contributed by atoms with Crippen LogP contribution in [0.4, 0.5) is 5.69 Å². The number of phenols is 1. The molecular weight excluding hydrogens is 264 g/mol. The fourth-order valence-corrected chi connectivity index (χ4v) is 2.50. The van der Waals surface area contributed by atoms with Gasteiger partial charge in [0, 0.05) is 19.2 Å². The van der Waals surface area contributed by atoms with Crippen LogP contribution in [0, 0.1) is 20.8 Å². The normalized spacial score (nSPS) is 11.0. The van der Waals surface area contributed by atoms with Crippen molar-refractivity contribution in [2.24, 2.45) is 0 Å². The molecule has 2 N–H and O–H groups in total. The molecule has 0 radical (unpaired) electrons. The van der Waals surface area contributed by atoms with Gasteiger partial charge >= 0.3 is 0 Å². The molecule has 1 heterocycles. The molecule has 0 atom stereocenters. The highest BCUT2D eigenvalue weighted by atomic mass is 16.3. The van der Waals surface area contributed by atoms with Crippen molar-refractivity contribution in [3.8, 4) is 5.75 Å². The zero-order valence-corrected chi connectivity index (χ0v) is 12.4. The number of aryl methyl sites for hydroxylation is 3. The lowest BCUT2D eigenvalue weighted by molar-refractivity contribution is 0.466. The van der Waals surface area contributed by atoms with Gasteiger partial charge in [-0.05, 0) is 48.7 Å². The van der Waals surface area contributed by atoms with Crippen molar-refractivity contribution in [3.63, 3.8) is 0 Å². The van der Waals surface area contributed by atoms with Gasteiger partial charge in [0.25, 0.3) is 0 Å². The number of oxazole rings is 1. The first-order chi connectivity index (χ1) is 10.0. The molecule has 4 nitrogen and oxygen atoms in total. The minimum Gasteiger partial charge on any atom is -0.507 e. The van der Waals surface area contributed by atoms with Crippen LogP contribution in [0.5, 0.6) is 5.75 Å². The average Bonchev–Trinajstić information content (AvgIpc) is 2.81. The Morgan fingerprint density at radius 2 is 1.81 bits per heavy atom. The molecule has 2 aromatic carbocycles. The van der Waals surface area contributed by atoms with Crippen molar-refractivity contribution in [2.75, 3.05) is 5.32 Å². The Morgan fingerprint density at radius 1 is 1.10 bits per heavy atom. The maximum absolute atomic E-state index is 9.80. The molecule has 21 heavy (non-hydrogen) atoms. The number of hydrogen-bond acceptors (Lipinski definition) is 4. The zero-order valence-electron chi connectivity index (χ0n) is 12.4. The lowest BCUT2D eigenvalue weighted by atomic mass is 10.1. The minimum atomic E-state index is 0.373. The fraction of sp³-hybridized carbons (Fsp3) is 0.235. The summed E-state index contributed by atoms with van der Waals surface area (Å²) in [5, 5.41) is 13.2. The third-order valence-electron chi connectivity index (χ3n) is 3.54. The van der Waals surface area contributed by atoms with E-state index in [0.29, 0.717) is 18.2 Å². The van der Waals surface area contributed by atoms with Gasteiger partial charge in [-0.3, -0.25) is 0 Å². The first-order valence-corrected chi connectivity index (χ1v) is 6.93. The quantitative estimate of drug-likeness (QED) is 0.760. The second kappa shape index (κ2) is 5.13. The van der Waals surface area contributed by atoms with E-state index < -0.39 is 0 Å². The molecule has 0 spiro atoms. The molecule has 0 saturated heterocycles. The van der Waals surface area contributed by atoms with E-state index in [2.05, 4.69) is 10.3 Å². The Bertz CT molecular complexity index is 783. The number of hydrogen-bond donors (Lipinski definition) is 2. The first kappa shape index (κ1) is 13.5. The van der Waals surface area contributed by atoms with Crippen molar-refractivity contribution in [1.82, 2.24) is 4.98 Å². The fourth-order valence-electron chi connectivity index (χ4n) is 2.50. The summed E-state index contributed by atoms with van der Waals surface area (Å²) in [6, 6.07) is 9.87. The second-order valence-electron chi connectivity index (χ2n) is 5.35. The van der Waals surface area contributed by atoms with Gasteiger partial charge < -0.3 is 14.8 Å². The van der Waals surface area contributed by atoms with Gasteiger partial charge in [0.05, 0.1) is 0 Å². The van der Waals surface area contributed by atoms with Crippen LogP contribution in [0.2, 0.25) is 0 Å². The van der Waals surface area contributed by atoms with E-state index in [4.69, 9.17) is 4.42 Å². The maximum atomic E-state index is 9.80. The van der Waals surface area contributed by atoms with E-state index in [0.717, 1.165) is 33.5 Å². The molecule has 4 heteroatoms. The highest BCUT2D eigenvalue weighted by Gasteiger charge is 2.05. The lowest BCUT2D eigenvalue weighted by Gasteiger charge is -2.10. The molecular formula is C17H18N2O2. The Labute approximate surface area is 123 Å². The van der Waals surface area contributed by atoms with Gasteiger partial charge in [-0.25, -0.2) is 4.98 Å². The van der Waals surface area contributed by atoms with Crippen LogP contribution in [-0.4, -0.2) is 10.1 Å². The Balaban J connectivity index is 1.79. The number of aromatic hydroxyl groups is 1. The largest absolute Gasteiger partial charge is 0.507 e. The minimum absolute atomic E-state index is 0.373. The Kier molecular flexibility index (Phi) is 3.29. The third kappa shape index (κ3) is 2.70. The summed E-state index contributed by atoms with van der Waals surface area (Å²) in [6.45, 7) is 6.37. The predicted octanol–water partition coefficient (Wildman–Crippen LogP) is 4.07. The summed E-state index contributed by atoms with van der Waals surface area (Å²) in [5.41, 5.74) is 5.59. The number of nitrogens with zero attached hydrogens (tertiary/aromatic N) is 1. The van der Waals surface area contributed by atoms with Crippen LogP contribution < -0.4 is 5.32 Å². The summed E-state index contributed by atoms with van der Waals surface area (Å²) in [5.74, 6) is 1.05. The van der Waals surface area contributed by atoms with Crippen molar-refractivity contribution >= 4 is 16.8 Å². The molecule has 0 aliphatic rings. The van der Waals surface area contributed by atoms with Crippen LogP contribution in [0.1, 0.15) is 22.6 Å². The smallest absolute Gasteiger partial charge is 0.192 e. The molecule has 0 bridgehead atoms. The van der Waals surface area contributed by atoms with Crippen molar-refractivity contribution in [3.05, 3.63) is 52.9 Å². The van der Waals surface area contributed by atoms with E-state index >= 15 is 0 Å². The van der Waals surface area contributed by atoms with Gasteiger partial charge in [0.2, 0.25) is 0 Å². The van der Waals surface area contributed by atoms with Crippen LogP contribution in [0.3, 0.4) is 0 Å². The summed E-state index contributed by atoms with van der Waals surface area (Å²) in [4.78, 5) is 4.33. The predicted molar refractivity (Wildman–Crippen MR) is 83.7 cm³/mol. The summed E-state index contributed by atoms with van der Waals surface area (Å²) < 4.78 is 5.46. The monoisotopic (exact) mass is 282 g/mol. The highest BCUT2D eigenvalue weighted by Crippen LogP contribution is 2.24. The van der Waals surface area contributed by atoms with Gasteiger partial charge in [-0.15, -0.1) is 0 Å². The number of benzene rings is 2. The molecule has 0 fully saturated rings. The number of nitrogens with one attached hydrogen (secondary N) is 1. The van der Waals surface area contributed by atoms with E-state index in [1.165, 1.54) is 0 Å². The van der Waals surface area contributed by atoms with Gasteiger partial charge in [-0.2, -0.15) is 0 Å². The van der Waals surface area contributed by atoms with Crippen molar-refractivity contribution in [1.29, 1.82) is 0 Å². The molecule has 0 unspecified atom stereocenters. The maximum Gasteiger partial charge on any atom is 0.192 e. The van der Waals surface area contributed by atoms with Crippen LogP contribution in [0.25, 0.3) is 11.1 Å². The Morgan fingerprint density at radius 3 is 2.52 bits per heavy atom. The summed E-state index contributed by atoms with van der Waals surface area (Å²) in [7, 11) is 0. The van der Waals surface area contributed by atoms with E-state index in [1.54, 1.807) is 0 Å². The topological polar surface area (TPSA) is 58.3 Å².